The van der Waals surface area contributed by atoms with E-state index in [1.54, 1.807) is 11.9 Å². The second-order valence-electron chi connectivity index (χ2n) is 6.05. The number of aromatic nitrogens is 1. The van der Waals surface area contributed by atoms with Gasteiger partial charge >= 0.3 is 0 Å². The van der Waals surface area contributed by atoms with Crippen LogP contribution in [0.1, 0.15) is 12.5 Å². The fourth-order valence-corrected chi connectivity index (χ4v) is 2.98. The number of fused-ring (bicyclic) bond motifs is 1. The third-order valence-electron chi connectivity index (χ3n) is 4.25. The van der Waals surface area contributed by atoms with Crippen LogP contribution in [0.5, 0.6) is 0 Å². The maximum atomic E-state index is 12.9. The van der Waals surface area contributed by atoms with Crippen LogP contribution in [-0.4, -0.2) is 29.9 Å². The molecule has 128 valence electrons. The van der Waals surface area contributed by atoms with Crippen LogP contribution in [0.2, 0.25) is 0 Å². The van der Waals surface area contributed by atoms with Crippen molar-refractivity contribution in [3.05, 3.63) is 66.4 Å². The molecule has 25 heavy (non-hydrogen) atoms. The topological polar surface area (TPSA) is 65.2 Å². The Morgan fingerprint density at radius 3 is 2.48 bits per heavy atom. The van der Waals surface area contributed by atoms with E-state index in [0.717, 1.165) is 22.2 Å². The van der Waals surface area contributed by atoms with Gasteiger partial charge in [0.25, 0.3) is 0 Å². The number of carbonyl (C=O) groups is 2. The first-order valence-corrected chi connectivity index (χ1v) is 8.21. The number of para-hydroxylation sites is 2. The molecule has 0 radical (unpaired) electrons. The lowest BCUT2D eigenvalue weighted by atomic mass is 10.0. The molecule has 2 N–H and O–H groups in total. The van der Waals surface area contributed by atoms with E-state index in [-0.39, 0.29) is 11.8 Å². The summed E-state index contributed by atoms with van der Waals surface area (Å²) in [5.74, 6) is -0.369. The summed E-state index contributed by atoms with van der Waals surface area (Å²) in [6.07, 6.45) is 2.33. The zero-order valence-corrected chi connectivity index (χ0v) is 14.3. The minimum Gasteiger partial charge on any atom is -0.361 e. The molecule has 0 unspecified atom stereocenters. The summed E-state index contributed by atoms with van der Waals surface area (Å²) in [6.45, 7) is 1.43. The molecule has 0 aliphatic carbocycles. The zero-order chi connectivity index (χ0) is 17.8. The summed E-state index contributed by atoms with van der Waals surface area (Å²) in [5, 5.41) is 3.85. The van der Waals surface area contributed by atoms with Crippen LogP contribution in [0.25, 0.3) is 10.9 Å². The van der Waals surface area contributed by atoms with Gasteiger partial charge < -0.3 is 15.2 Å². The van der Waals surface area contributed by atoms with Gasteiger partial charge in [-0.3, -0.25) is 9.59 Å². The van der Waals surface area contributed by atoms with Crippen molar-refractivity contribution < 1.29 is 9.59 Å². The molecule has 5 heteroatoms. The number of anilines is 1. The lowest BCUT2D eigenvalue weighted by Gasteiger charge is -2.24. The van der Waals surface area contributed by atoms with Gasteiger partial charge in [-0.1, -0.05) is 36.4 Å². The summed E-state index contributed by atoms with van der Waals surface area (Å²) in [7, 11) is 1.72. The maximum Gasteiger partial charge on any atom is 0.249 e. The highest BCUT2D eigenvalue weighted by Gasteiger charge is 2.25. The standard InChI is InChI=1S/C20H21N3O2/c1-14(24)22-19(20(25)23(2)16-8-4-3-5-9-16)12-15-13-21-18-11-7-6-10-17(15)18/h3-11,13,19,21H,12H2,1-2H3,(H,22,24)/t19-/m0/s1. The molecule has 3 rings (SSSR count). The highest BCUT2D eigenvalue weighted by atomic mass is 16.2. The van der Waals surface area contributed by atoms with E-state index in [1.165, 1.54) is 6.92 Å². The van der Waals surface area contributed by atoms with E-state index in [4.69, 9.17) is 0 Å². The minimum atomic E-state index is -0.623. The second-order valence-corrected chi connectivity index (χ2v) is 6.05. The third-order valence-corrected chi connectivity index (χ3v) is 4.25. The molecule has 0 aliphatic rings. The Morgan fingerprint density at radius 1 is 1.08 bits per heavy atom. The highest BCUT2D eigenvalue weighted by molar-refractivity contribution is 5.99. The van der Waals surface area contributed by atoms with Crippen molar-refractivity contribution in [2.75, 3.05) is 11.9 Å². The summed E-state index contributed by atoms with van der Waals surface area (Å²) in [5.41, 5.74) is 2.81. The number of likely N-dealkylation sites (N-methyl/N-ethyl adjacent to an activating group) is 1. The molecule has 0 spiro atoms. The fraction of sp³-hybridized carbons (Fsp3) is 0.200. The molecular formula is C20H21N3O2. The maximum absolute atomic E-state index is 12.9. The summed E-state index contributed by atoms with van der Waals surface area (Å²) in [6, 6.07) is 16.7. The van der Waals surface area contributed by atoms with E-state index >= 15 is 0 Å². The third kappa shape index (κ3) is 3.71. The van der Waals surface area contributed by atoms with Crippen LogP contribution < -0.4 is 10.2 Å². The molecule has 1 aromatic heterocycles. The number of H-pyrrole nitrogens is 1. The number of hydrogen-bond acceptors (Lipinski definition) is 2. The molecule has 1 atom stereocenters. The molecule has 0 fully saturated rings. The summed E-state index contributed by atoms with van der Waals surface area (Å²) < 4.78 is 0. The average Bonchev–Trinajstić information content (AvgIpc) is 3.03. The Morgan fingerprint density at radius 2 is 1.76 bits per heavy atom. The first kappa shape index (κ1) is 16.8. The predicted octanol–water partition coefficient (Wildman–Crippen LogP) is 2.88. The van der Waals surface area contributed by atoms with Gasteiger partial charge in [0.1, 0.15) is 6.04 Å². The van der Waals surface area contributed by atoms with Gasteiger partial charge in [-0.05, 0) is 23.8 Å². The van der Waals surface area contributed by atoms with Gasteiger partial charge in [-0.2, -0.15) is 0 Å². The van der Waals surface area contributed by atoms with Gasteiger partial charge in [-0.25, -0.2) is 0 Å². The molecule has 0 aliphatic heterocycles. The summed E-state index contributed by atoms with van der Waals surface area (Å²) >= 11 is 0. The molecule has 0 bridgehead atoms. The molecule has 5 nitrogen and oxygen atoms in total. The van der Waals surface area contributed by atoms with E-state index in [1.807, 2.05) is 60.8 Å². The lowest BCUT2D eigenvalue weighted by molar-refractivity contribution is -0.126. The van der Waals surface area contributed by atoms with Gasteiger partial charge in [0.05, 0.1) is 0 Å². The zero-order valence-electron chi connectivity index (χ0n) is 14.3. The van der Waals surface area contributed by atoms with Crippen LogP contribution in [0, 0.1) is 0 Å². The van der Waals surface area contributed by atoms with Crippen molar-refractivity contribution in [1.82, 2.24) is 10.3 Å². The number of nitrogens with one attached hydrogen (secondary N) is 2. The molecule has 2 amide bonds. The first-order valence-electron chi connectivity index (χ1n) is 8.21. The van der Waals surface area contributed by atoms with Crippen LogP contribution in [-0.2, 0) is 16.0 Å². The molecule has 0 saturated carbocycles. The highest BCUT2D eigenvalue weighted by Crippen LogP contribution is 2.20. The molecule has 1 heterocycles. The Kier molecular flexibility index (Phi) is 4.84. The first-order chi connectivity index (χ1) is 12.1. The van der Waals surface area contributed by atoms with Crippen molar-refractivity contribution in [2.45, 2.75) is 19.4 Å². The van der Waals surface area contributed by atoms with Crippen molar-refractivity contribution in [1.29, 1.82) is 0 Å². The van der Waals surface area contributed by atoms with Crippen LogP contribution >= 0.6 is 0 Å². The summed E-state index contributed by atoms with van der Waals surface area (Å²) in [4.78, 5) is 29.4. The van der Waals surface area contributed by atoms with Crippen molar-refractivity contribution in [3.63, 3.8) is 0 Å². The Hall–Kier alpha value is -3.08. The monoisotopic (exact) mass is 335 g/mol. The number of aromatic amines is 1. The smallest absolute Gasteiger partial charge is 0.249 e. The number of hydrogen-bond donors (Lipinski definition) is 2. The number of rotatable bonds is 5. The number of amides is 2. The Bertz CT molecular complexity index is 886. The normalized spacial score (nSPS) is 11.9. The van der Waals surface area contributed by atoms with Crippen molar-refractivity contribution in [2.24, 2.45) is 0 Å². The number of benzene rings is 2. The molecule has 0 saturated heterocycles. The quantitative estimate of drug-likeness (QED) is 0.753. The lowest BCUT2D eigenvalue weighted by Crippen LogP contribution is -2.48. The Labute approximate surface area is 146 Å². The molecule has 3 aromatic rings. The molecule has 2 aromatic carbocycles. The Balaban J connectivity index is 1.86. The number of carbonyl (C=O) groups excluding carboxylic acids is 2. The van der Waals surface area contributed by atoms with Crippen LogP contribution in [0.15, 0.2) is 60.8 Å². The van der Waals surface area contributed by atoms with E-state index in [0.29, 0.717) is 6.42 Å². The van der Waals surface area contributed by atoms with E-state index in [9.17, 15) is 9.59 Å². The molecular weight excluding hydrogens is 314 g/mol. The van der Waals surface area contributed by atoms with Gasteiger partial charge in [-0.15, -0.1) is 0 Å². The van der Waals surface area contributed by atoms with Crippen LogP contribution in [0.4, 0.5) is 5.69 Å². The largest absolute Gasteiger partial charge is 0.361 e. The van der Waals surface area contributed by atoms with Gasteiger partial charge in [0.2, 0.25) is 11.8 Å². The predicted molar refractivity (Wildman–Crippen MR) is 99.5 cm³/mol. The number of nitrogens with zero attached hydrogens (tertiary/aromatic N) is 1. The van der Waals surface area contributed by atoms with E-state index < -0.39 is 6.04 Å². The fourth-order valence-electron chi connectivity index (χ4n) is 2.98. The van der Waals surface area contributed by atoms with E-state index in [2.05, 4.69) is 10.3 Å². The average molecular weight is 335 g/mol. The van der Waals surface area contributed by atoms with Crippen molar-refractivity contribution in [3.8, 4) is 0 Å². The minimum absolute atomic E-state index is 0.147. The second kappa shape index (κ2) is 7.21. The van der Waals surface area contributed by atoms with Gasteiger partial charge in [0.15, 0.2) is 0 Å². The SMILES string of the molecule is CC(=O)N[C@@H](Cc1c[nH]c2ccccc12)C(=O)N(C)c1ccccc1. The van der Waals surface area contributed by atoms with Crippen molar-refractivity contribution >= 4 is 28.4 Å². The van der Waals surface area contributed by atoms with Gasteiger partial charge in [0, 0.05) is 43.2 Å². The van der Waals surface area contributed by atoms with Crippen LogP contribution in [0.3, 0.4) is 0 Å².